The fourth-order valence-electron chi connectivity index (χ4n) is 4.08. The largest absolute Gasteiger partial charge is 0.541 e. The maximum absolute atomic E-state index is 13.0. The topological polar surface area (TPSA) is 42.0 Å². The maximum Gasteiger partial charge on any atom is 0.253 e. The van der Waals surface area contributed by atoms with Gasteiger partial charge in [-0.3, -0.25) is 9.69 Å². The molecule has 0 spiro atoms. The molecular weight excluding hydrogens is 541 g/mol. The van der Waals surface area contributed by atoms with Crippen molar-refractivity contribution in [2.45, 2.75) is 77.8 Å². The van der Waals surface area contributed by atoms with Crippen molar-refractivity contribution in [3.05, 3.63) is 71.8 Å². The molecule has 0 aromatic heterocycles. The third kappa shape index (κ3) is 8.46. The van der Waals surface area contributed by atoms with Crippen molar-refractivity contribution in [3.8, 4) is 11.5 Å². The van der Waals surface area contributed by atoms with Gasteiger partial charge >= 0.3 is 0 Å². The number of benzene rings is 2. The first-order valence-corrected chi connectivity index (χ1v) is 20.7. The second-order valence-electron chi connectivity index (χ2n) is 14.3. The van der Waals surface area contributed by atoms with Gasteiger partial charge in [0, 0.05) is 38.3 Å². The summed E-state index contributed by atoms with van der Waals surface area (Å²) in [6.07, 6.45) is 6.11. The van der Waals surface area contributed by atoms with Crippen LogP contribution in [-0.4, -0.2) is 65.1 Å². The normalized spacial score (nSPS) is 15.7. The van der Waals surface area contributed by atoms with E-state index < -0.39 is 16.6 Å². The molecule has 41 heavy (non-hydrogen) atoms. The summed E-state index contributed by atoms with van der Waals surface area (Å²) in [4.78, 5) is 17.3. The molecule has 2 aromatic carbocycles. The van der Waals surface area contributed by atoms with Crippen LogP contribution in [0.2, 0.25) is 36.3 Å². The summed E-state index contributed by atoms with van der Waals surface area (Å²) < 4.78 is 13.6. The van der Waals surface area contributed by atoms with E-state index in [0.29, 0.717) is 0 Å². The lowest BCUT2D eigenvalue weighted by Gasteiger charge is -2.39. The van der Waals surface area contributed by atoms with E-state index in [2.05, 4.69) is 110 Å². The molecule has 224 valence electrons. The number of piperazine rings is 1. The first kappa shape index (κ1) is 32.9. The third-order valence-electron chi connectivity index (χ3n) is 8.98. The summed E-state index contributed by atoms with van der Waals surface area (Å²) in [6.45, 7) is 30.6. The van der Waals surface area contributed by atoms with Gasteiger partial charge in [0.15, 0.2) is 0 Å². The number of hydrogen-bond acceptors (Lipinski definition) is 4. The van der Waals surface area contributed by atoms with Crippen molar-refractivity contribution in [1.82, 2.24) is 9.80 Å². The van der Waals surface area contributed by atoms with Gasteiger partial charge in [-0.05, 0) is 71.7 Å². The van der Waals surface area contributed by atoms with E-state index in [9.17, 15) is 4.79 Å². The van der Waals surface area contributed by atoms with Crippen LogP contribution in [0.25, 0.3) is 12.2 Å². The molecule has 1 amide bonds. The molecule has 2 aromatic rings. The molecule has 5 nitrogen and oxygen atoms in total. The van der Waals surface area contributed by atoms with Crippen LogP contribution in [0.5, 0.6) is 11.5 Å². The Morgan fingerprint density at radius 1 is 0.780 bits per heavy atom. The lowest BCUT2D eigenvalue weighted by atomic mass is 10.1. The molecule has 0 saturated carbocycles. The van der Waals surface area contributed by atoms with Gasteiger partial charge in [-0.1, -0.05) is 78.0 Å². The Bertz CT molecular complexity index is 1230. The van der Waals surface area contributed by atoms with E-state index in [-0.39, 0.29) is 16.0 Å². The Labute approximate surface area is 251 Å². The van der Waals surface area contributed by atoms with E-state index >= 15 is 0 Å². The zero-order valence-corrected chi connectivity index (χ0v) is 29.1. The molecule has 0 atom stereocenters. The molecule has 7 heteroatoms. The number of carbonyl (C=O) groups excluding carboxylic acids is 1. The number of rotatable bonds is 9. The molecule has 1 saturated heterocycles. The fourth-order valence-corrected chi connectivity index (χ4v) is 6.12. The molecule has 0 radical (unpaired) electrons. The maximum atomic E-state index is 13.0. The molecule has 1 heterocycles. The summed E-state index contributed by atoms with van der Waals surface area (Å²) >= 11 is 0. The number of amides is 1. The van der Waals surface area contributed by atoms with Gasteiger partial charge in [-0.15, -0.1) is 6.58 Å². The van der Waals surface area contributed by atoms with Crippen LogP contribution in [0.4, 0.5) is 0 Å². The van der Waals surface area contributed by atoms with Crippen LogP contribution in [-0.2, 0) is 0 Å². The molecule has 0 N–H and O–H groups in total. The van der Waals surface area contributed by atoms with Crippen LogP contribution < -0.4 is 8.85 Å². The lowest BCUT2D eigenvalue weighted by Crippen LogP contribution is -2.48. The van der Waals surface area contributed by atoms with Crippen LogP contribution in [0.15, 0.2) is 55.1 Å². The first-order valence-electron chi connectivity index (χ1n) is 14.9. The molecule has 1 aliphatic heterocycles. The van der Waals surface area contributed by atoms with E-state index in [0.717, 1.165) is 60.9 Å². The van der Waals surface area contributed by atoms with Gasteiger partial charge in [-0.25, -0.2) is 0 Å². The second-order valence-corrected chi connectivity index (χ2v) is 23.7. The Balaban J connectivity index is 1.79. The van der Waals surface area contributed by atoms with Crippen LogP contribution in [0.3, 0.4) is 0 Å². The Morgan fingerprint density at radius 2 is 1.27 bits per heavy atom. The zero-order chi connectivity index (χ0) is 30.6. The molecule has 1 aliphatic rings. The van der Waals surface area contributed by atoms with Gasteiger partial charge in [0.05, 0.1) is 0 Å². The molecule has 1 fully saturated rings. The van der Waals surface area contributed by atoms with Gasteiger partial charge in [0.1, 0.15) is 11.5 Å². The summed E-state index contributed by atoms with van der Waals surface area (Å²) in [7, 11) is -4.12. The standard InChI is InChI=1S/C34H52N2O3Si2/c1-12-21-35-22-24-36(25-23-35)32(37)29-18-15-27(16-19-29)13-14-28-17-20-30(38-40(8,9)33(2,3)4)31(26-28)39-41(10,11)34(5,6)7/h12-20,26H,1,21-25H2,2-11H3/b14-13+. The minimum absolute atomic E-state index is 0.0748. The summed E-state index contributed by atoms with van der Waals surface area (Å²) in [6, 6.07) is 14.2. The van der Waals surface area contributed by atoms with Crippen molar-refractivity contribution >= 4 is 34.7 Å². The highest BCUT2D eigenvalue weighted by atomic mass is 28.4. The molecule has 0 unspecified atom stereocenters. The Hall–Kier alpha value is -2.62. The van der Waals surface area contributed by atoms with Crippen LogP contribution in [0.1, 0.15) is 63.0 Å². The molecule has 3 rings (SSSR count). The summed E-state index contributed by atoms with van der Waals surface area (Å²) in [5.41, 5.74) is 2.83. The highest BCUT2D eigenvalue weighted by Gasteiger charge is 2.42. The lowest BCUT2D eigenvalue weighted by molar-refractivity contribution is 0.0650. The minimum atomic E-state index is -2.08. The first-order chi connectivity index (χ1) is 18.9. The molecule has 0 aliphatic carbocycles. The average molecular weight is 593 g/mol. The zero-order valence-electron chi connectivity index (χ0n) is 27.1. The van der Waals surface area contributed by atoms with Crippen molar-refractivity contribution in [3.63, 3.8) is 0 Å². The molecular formula is C34H52N2O3Si2. The minimum Gasteiger partial charge on any atom is -0.541 e. The van der Waals surface area contributed by atoms with Gasteiger partial charge in [0.25, 0.3) is 22.5 Å². The predicted octanol–water partition coefficient (Wildman–Crippen LogP) is 8.57. The van der Waals surface area contributed by atoms with Crippen molar-refractivity contribution in [2.75, 3.05) is 32.7 Å². The van der Waals surface area contributed by atoms with Crippen molar-refractivity contribution in [2.24, 2.45) is 0 Å². The van der Waals surface area contributed by atoms with E-state index in [4.69, 9.17) is 8.85 Å². The fraction of sp³-hybridized carbons (Fsp3) is 0.500. The number of carbonyl (C=O) groups is 1. The summed E-state index contributed by atoms with van der Waals surface area (Å²) in [5.74, 6) is 1.77. The Kier molecular flexibility index (Phi) is 10.2. The number of nitrogens with zero attached hydrogens (tertiary/aromatic N) is 2. The van der Waals surface area contributed by atoms with Crippen molar-refractivity contribution in [1.29, 1.82) is 0 Å². The van der Waals surface area contributed by atoms with Crippen molar-refractivity contribution < 1.29 is 13.6 Å². The van der Waals surface area contributed by atoms with E-state index in [1.165, 1.54) is 0 Å². The van der Waals surface area contributed by atoms with Gasteiger partial charge in [-0.2, -0.15) is 0 Å². The van der Waals surface area contributed by atoms with E-state index in [1.807, 2.05) is 35.2 Å². The number of hydrogen-bond donors (Lipinski definition) is 0. The quantitative estimate of drug-likeness (QED) is 0.166. The van der Waals surface area contributed by atoms with E-state index in [1.54, 1.807) is 0 Å². The van der Waals surface area contributed by atoms with Gasteiger partial charge < -0.3 is 13.8 Å². The SMILES string of the molecule is C=CCN1CCN(C(=O)c2ccc(/C=C/c3ccc(O[Si](C)(C)C(C)(C)C)c(O[Si](C)(C)C(C)(C)C)c3)cc2)CC1. The van der Waals surface area contributed by atoms with Crippen LogP contribution in [0, 0.1) is 0 Å². The second kappa shape index (κ2) is 12.7. The predicted molar refractivity (Wildman–Crippen MR) is 180 cm³/mol. The third-order valence-corrected chi connectivity index (χ3v) is 17.7. The Morgan fingerprint density at radius 3 is 1.78 bits per heavy atom. The molecule has 0 bridgehead atoms. The van der Waals surface area contributed by atoms with Crippen LogP contribution >= 0.6 is 0 Å². The van der Waals surface area contributed by atoms with Gasteiger partial charge in [0.2, 0.25) is 0 Å². The average Bonchev–Trinajstić information content (AvgIpc) is 2.88. The smallest absolute Gasteiger partial charge is 0.253 e. The highest BCUT2D eigenvalue weighted by molar-refractivity contribution is 6.75. The summed E-state index contributed by atoms with van der Waals surface area (Å²) in [5, 5.41) is 0.165. The highest BCUT2D eigenvalue weighted by Crippen LogP contribution is 2.43. The monoisotopic (exact) mass is 592 g/mol.